The molecule has 0 unspecified atom stereocenters. The van der Waals surface area contributed by atoms with Gasteiger partial charge in [-0.15, -0.1) is 5.10 Å². The van der Waals surface area contributed by atoms with E-state index in [4.69, 9.17) is 5.73 Å². The number of nitrogens with one attached hydrogen (secondary N) is 1. The molecule has 8 nitrogen and oxygen atoms in total. The molecule has 0 saturated carbocycles. The molecule has 0 aliphatic carbocycles. The first kappa shape index (κ1) is 13.3. The molecule has 1 aromatic heterocycles. The summed E-state index contributed by atoms with van der Waals surface area (Å²) in [6.45, 7) is 3.35. The highest BCUT2D eigenvalue weighted by molar-refractivity contribution is 7.92. The molecule has 0 aliphatic rings. The third-order valence-corrected chi connectivity index (χ3v) is 4.26. The SMILES string of the molecule is Cc1ccc(N)c(C)c1S(=O)(=O)Nc1nnn(C)n1. The quantitative estimate of drug-likeness (QED) is 0.777. The predicted octanol–water partition coefficient (Wildman–Crippen LogP) is 0.210. The predicted molar refractivity (Wildman–Crippen MR) is 69.9 cm³/mol. The number of rotatable bonds is 3. The van der Waals surface area contributed by atoms with Gasteiger partial charge in [-0.05, 0) is 36.3 Å². The summed E-state index contributed by atoms with van der Waals surface area (Å²) < 4.78 is 26.9. The smallest absolute Gasteiger partial charge is 0.277 e. The summed E-state index contributed by atoms with van der Waals surface area (Å²) >= 11 is 0. The van der Waals surface area contributed by atoms with Crippen molar-refractivity contribution in [2.24, 2.45) is 7.05 Å². The third kappa shape index (κ3) is 2.50. The van der Waals surface area contributed by atoms with Crippen LogP contribution in [0.25, 0.3) is 0 Å². The van der Waals surface area contributed by atoms with Crippen molar-refractivity contribution in [1.82, 2.24) is 20.2 Å². The van der Waals surface area contributed by atoms with Crippen LogP contribution in [0.4, 0.5) is 11.6 Å². The van der Waals surface area contributed by atoms with Gasteiger partial charge in [0, 0.05) is 5.69 Å². The van der Waals surface area contributed by atoms with Gasteiger partial charge >= 0.3 is 0 Å². The van der Waals surface area contributed by atoms with Gasteiger partial charge in [0.1, 0.15) is 0 Å². The summed E-state index contributed by atoms with van der Waals surface area (Å²) in [5.74, 6) is -0.0799. The number of nitrogens with two attached hydrogens (primary N) is 1. The molecule has 0 radical (unpaired) electrons. The molecule has 1 aromatic carbocycles. The van der Waals surface area contributed by atoms with E-state index in [0.29, 0.717) is 16.8 Å². The highest BCUT2D eigenvalue weighted by Gasteiger charge is 2.22. The first-order valence-electron chi connectivity index (χ1n) is 5.44. The van der Waals surface area contributed by atoms with Crippen LogP contribution in [0.3, 0.4) is 0 Å². The Hall–Kier alpha value is -2.16. The van der Waals surface area contributed by atoms with E-state index in [9.17, 15) is 8.42 Å². The van der Waals surface area contributed by atoms with Crippen LogP contribution in [0, 0.1) is 13.8 Å². The first-order valence-corrected chi connectivity index (χ1v) is 6.92. The summed E-state index contributed by atoms with van der Waals surface area (Å²) in [6.07, 6.45) is 0. The number of hydrogen-bond acceptors (Lipinski definition) is 6. The van der Waals surface area contributed by atoms with E-state index in [2.05, 4.69) is 20.1 Å². The lowest BCUT2D eigenvalue weighted by atomic mass is 10.1. The number of benzene rings is 1. The van der Waals surface area contributed by atoms with Crippen LogP contribution < -0.4 is 10.5 Å². The Morgan fingerprint density at radius 1 is 1.32 bits per heavy atom. The second-order valence-corrected chi connectivity index (χ2v) is 5.75. The molecule has 0 amide bonds. The number of aryl methyl sites for hydroxylation is 2. The zero-order valence-electron chi connectivity index (χ0n) is 10.7. The van der Waals surface area contributed by atoms with Crippen molar-refractivity contribution in [3.05, 3.63) is 23.3 Å². The highest BCUT2D eigenvalue weighted by atomic mass is 32.2. The molecule has 0 spiro atoms. The van der Waals surface area contributed by atoms with Gasteiger partial charge in [0.15, 0.2) is 0 Å². The maximum absolute atomic E-state index is 12.3. The molecule has 0 aliphatic heterocycles. The van der Waals surface area contributed by atoms with Crippen LogP contribution in [-0.4, -0.2) is 28.6 Å². The van der Waals surface area contributed by atoms with Crippen molar-refractivity contribution >= 4 is 21.7 Å². The largest absolute Gasteiger partial charge is 0.398 e. The van der Waals surface area contributed by atoms with Gasteiger partial charge in [-0.2, -0.15) is 4.80 Å². The van der Waals surface area contributed by atoms with Gasteiger partial charge < -0.3 is 5.73 Å². The molecule has 9 heteroatoms. The van der Waals surface area contributed by atoms with Crippen molar-refractivity contribution in [2.75, 3.05) is 10.5 Å². The van der Waals surface area contributed by atoms with Crippen LogP contribution in [-0.2, 0) is 17.1 Å². The van der Waals surface area contributed by atoms with Crippen molar-refractivity contribution in [1.29, 1.82) is 0 Å². The second-order valence-electron chi connectivity index (χ2n) is 4.13. The monoisotopic (exact) mass is 282 g/mol. The molecule has 2 aromatic rings. The Morgan fingerprint density at radius 2 is 2.00 bits per heavy atom. The lowest BCUT2D eigenvalue weighted by molar-refractivity contribution is 0.599. The van der Waals surface area contributed by atoms with Gasteiger partial charge in [0.05, 0.1) is 11.9 Å². The van der Waals surface area contributed by atoms with Crippen molar-refractivity contribution in [3.63, 3.8) is 0 Å². The van der Waals surface area contributed by atoms with E-state index in [0.717, 1.165) is 4.80 Å². The maximum atomic E-state index is 12.3. The molecule has 0 fully saturated rings. The average Bonchev–Trinajstić information content (AvgIpc) is 2.68. The van der Waals surface area contributed by atoms with E-state index in [1.54, 1.807) is 33.0 Å². The minimum atomic E-state index is -3.79. The fourth-order valence-corrected chi connectivity index (χ4v) is 3.19. The highest BCUT2D eigenvalue weighted by Crippen LogP contribution is 2.25. The molecule has 0 bridgehead atoms. The lowest BCUT2D eigenvalue weighted by Gasteiger charge is -2.12. The standard InChI is InChI=1S/C10H14N6O2S/c1-6-4-5-8(11)7(2)9(6)19(17,18)14-10-12-15-16(3)13-10/h4-5H,11H2,1-3H3,(H,13,14). The number of sulfonamides is 1. The van der Waals surface area contributed by atoms with Gasteiger partial charge in [-0.25, -0.2) is 13.1 Å². The molecule has 2 rings (SSSR count). The summed E-state index contributed by atoms with van der Waals surface area (Å²) in [6, 6.07) is 3.32. The molecular formula is C10H14N6O2S. The van der Waals surface area contributed by atoms with Crippen LogP contribution in [0.15, 0.2) is 17.0 Å². The molecule has 0 saturated heterocycles. The Morgan fingerprint density at radius 3 is 2.58 bits per heavy atom. The van der Waals surface area contributed by atoms with Crippen molar-refractivity contribution < 1.29 is 8.42 Å². The molecule has 19 heavy (non-hydrogen) atoms. The molecule has 0 atom stereocenters. The minimum absolute atomic E-state index is 0.0799. The summed E-state index contributed by atoms with van der Waals surface area (Å²) in [5.41, 5.74) is 7.26. The first-order chi connectivity index (χ1) is 8.81. The molecule has 102 valence electrons. The number of anilines is 2. The maximum Gasteiger partial charge on any atom is 0.277 e. The molecule has 3 N–H and O–H groups in total. The Kier molecular flexibility index (Phi) is 3.14. The number of tetrazole rings is 1. The van der Waals surface area contributed by atoms with Crippen molar-refractivity contribution in [3.8, 4) is 0 Å². The van der Waals surface area contributed by atoms with E-state index in [-0.39, 0.29) is 10.8 Å². The van der Waals surface area contributed by atoms with E-state index in [1.807, 2.05) is 0 Å². The molecular weight excluding hydrogens is 268 g/mol. The summed E-state index contributed by atoms with van der Waals surface area (Å²) in [4.78, 5) is 1.30. The zero-order chi connectivity index (χ0) is 14.2. The van der Waals surface area contributed by atoms with Gasteiger partial charge in [-0.1, -0.05) is 11.2 Å². The van der Waals surface area contributed by atoms with E-state index < -0.39 is 10.0 Å². The number of hydrogen-bond donors (Lipinski definition) is 2. The second kappa shape index (κ2) is 4.50. The minimum Gasteiger partial charge on any atom is -0.398 e. The normalized spacial score (nSPS) is 11.5. The van der Waals surface area contributed by atoms with Crippen LogP contribution in [0.5, 0.6) is 0 Å². The van der Waals surface area contributed by atoms with Crippen molar-refractivity contribution in [2.45, 2.75) is 18.7 Å². The summed E-state index contributed by atoms with van der Waals surface area (Å²) in [7, 11) is -2.25. The Bertz CT molecular complexity index is 722. The van der Waals surface area contributed by atoms with Crippen LogP contribution >= 0.6 is 0 Å². The van der Waals surface area contributed by atoms with Crippen LogP contribution in [0.2, 0.25) is 0 Å². The number of nitrogen functional groups attached to an aromatic ring is 1. The fourth-order valence-electron chi connectivity index (χ4n) is 1.75. The van der Waals surface area contributed by atoms with Gasteiger partial charge in [0.2, 0.25) is 0 Å². The molecule has 1 heterocycles. The van der Waals surface area contributed by atoms with Crippen LogP contribution in [0.1, 0.15) is 11.1 Å². The van der Waals surface area contributed by atoms with E-state index >= 15 is 0 Å². The Labute approximate surface area is 110 Å². The third-order valence-electron chi connectivity index (χ3n) is 2.65. The topological polar surface area (TPSA) is 116 Å². The number of nitrogens with zero attached hydrogens (tertiary/aromatic N) is 4. The van der Waals surface area contributed by atoms with Gasteiger partial charge in [0.25, 0.3) is 16.0 Å². The fraction of sp³-hybridized carbons (Fsp3) is 0.300. The zero-order valence-corrected chi connectivity index (χ0v) is 11.6. The van der Waals surface area contributed by atoms with E-state index in [1.165, 1.54) is 0 Å². The Balaban J connectivity index is 2.48. The number of aromatic nitrogens is 4. The average molecular weight is 282 g/mol. The van der Waals surface area contributed by atoms with Gasteiger partial charge in [-0.3, -0.25) is 0 Å². The lowest BCUT2D eigenvalue weighted by Crippen LogP contribution is -2.17. The summed E-state index contributed by atoms with van der Waals surface area (Å²) in [5, 5.41) is 10.9.